The van der Waals surface area contributed by atoms with Crippen LogP contribution < -0.4 is 10.6 Å². The highest BCUT2D eigenvalue weighted by Crippen LogP contribution is 2.27. The summed E-state index contributed by atoms with van der Waals surface area (Å²) < 4.78 is 0. The molecule has 0 bridgehead atoms. The molecule has 2 saturated heterocycles. The maximum atomic E-state index is 13.2. The summed E-state index contributed by atoms with van der Waals surface area (Å²) in [7, 11) is 0. The van der Waals surface area contributed by atoms with Crippen molar-refractivity contribution in [2.45, 2.75) is 69.5 Å². The van der Waals surface area contributed by atoms with Gasteiger partial charge in [-0.25, -0.2) is 0 Å². The molecule has 3 aliphatic rings. The Balaban J connectivity index is 1.23. The van der Waals surface area contributed by atoms with Crippen LogP contribution in [0.1, 0.15) is 50.5 Å². The van der Waals surface area contributed by atoms with Gasteiger partial charge in [-0.15, -0.1) is 0 Å². The molecule has 0 unspecified atom stereocenters. The largest absolute Gasteiger partial charge is 0.361 e. The molecule has 2 aromatic rings. The number of benzene rings is 1. The molecule has 7 heteroatoms. The number of rotatable bonds is 4. The van der Waals surface area contributed by atoms with Crippen molar-refractivity contribution >= 4 is 28.6 Å². The molecule has 1 aliphatic carbocycles. The van der Waals surface area contributed by atoms with E-state index < -0.39 is 12.1 Å². The van der Waals surface area contributed by atoms with Gasteiger partial charge in [-0.3, -0.25) is 14.4 Å². The maximum absolute atomic E-state index is 13.2. The summed E-state index contributed by atoms with van der Waals surface area (Å²) in [5.74, 6) is 0.0973. The Hall–Kier alpha value is -2.83. The lowest BCUT2D eigenvalue weighted by molar-refractivity contribution is -0.152. The standard InChI is InChI=1S/C24H30N4O3/c29-22(15-6-2-1-3-7-15)26-17-10-11-28-21(13-17)23(30)27-20(24(28)31)12-16-14-25-19-9-5-4-8-18(16)19/h4-5,8-9,14-15,17,20-21,25H,1-3,6-7,10-13H2,(H,26,29)(H,27,30)/t17-,20+,21-/m0/s1. The zero-order valence-electron chi connectivity index (χ0n) is 17.7. The molecule has 3 amide bonds. The first-order valence-corrected chi connectivity index (χ1v) is 11.6. The van der Waals surface area contributed by atoms with E-state index in [4.69, 9.17) is 0 Å². The number of aromatic amines is 1. The maximum Gasteiger partial charge on any atom is 0.246 e. The number of nitrogens with one attached hydrogen (secondary N) is 3. The molecule has 1 aromatic heterocycles. The number of piperazine rings is 1. The van der Waals surface area contributed by atoms with E-state index in [9.17, 15) is 14.4 Å². The zero-order valence-corrected chi connectivity index (χ0v) is 17.7. The van der Waals surface area contributed by atoms with Gasteiger partial charge in [0.1, 0.15) is 12.1 Å². The Labute approximate surface area is 181 Å². The van der Waals surface area contributed by atoms with E-state index in [1.807, 2.05) is 30.5 Å². The second kappa shape index (κ2) is 8.36. The first-order chi connectivity index (χ1) is 15.1. The molecule has 3 N–H and O–H groups in total. The van der Waals surface area contributed by atoms with Crippen molar-refractivity contribution in [3.8, 4) is 0 Å². The van der Waals surface area contributed by atoms with Crippen LogP contribution in [0, 0.1) is 5.92 Å². The number of amides is 3. The lowest BCUT2D eigenvalue weighted by Gasteiger charge is -2.44. The molecule has 5 rings (SSSR count). The number of aromatic nitrogens is 1. The molecule has 3 atom stereocenters. The number of nitrogens with zero attached hydrogens (tertiary/aromatic N) is 1. The fourth-order valence-corrected chi connectivity index (χ4v) is 5.48. The van der Waals surface area contributed by atoms with E-state index >= 15 is 0 Å². The van der Waals surface area contributed by atoms with Crippen molar-refractivity contribution < 1.29 is 14.4 Å². The van der Waals surface area contributed by atoms with Gasteiger partial charge in [-0.2, -0.15) is 0 Å². The first-order valence-electron chi connectivity index (χ1n) is 11.6. The fraction of sp³-hybridized carbons (Fsp3) is 0.542. The molecule has 0 radical (unpaired) electrons. The summed E-state index contributed by atoms with van der Waals surface area (Å²) in [5.41, 5.74) is 2.06. The summed E-state index contributed by atoms with van der Waals surface area (Å²) in [6.07, 6.45) is 8.96. The number of piperidine rings is 1. The fourth-order valence-electron chi connectivity index (χ4n) is 5.48. The van der Waals surface area contributed by atoms with E-state index in [1.54, 1.807) is 4.90 Å². The van der Waals surface area contributed by atoms with E-state index in [0.717, 1.165) is 42.1 Å². The second-order valence-electron chi connectivity index (χ2n) is 9.24. The monoisotopic (exact) mass is 422 g/mol. The van der Waals surface area contributed by atoms with Crippen molar-refractivity contribution in [1.82, 2.24) is 20.5 Å². The Morgan fingerprint density at radius 3 is 2.74 bits per heavy atom. The first kappa shape index (κ1) is 20.1. The lowest BCUT2D eigenvalue weighted by Crippen LogP contribution is -2.67. The molecule has 3 fully saturated rings. The van der Waals surface area contributed by atoms with Crippen LogP contribution in [0.25, 0.3) is 10.9 Å². The molecule has 0 spiro atoms. The Morgan fingerprint density at radius 2 is 1.90 bits per heavy atom. The number of carbonyl (C=O) groups excluding carboxylic acids is 3. The highest BCUT2D eigenvalue weighted by molar-refractivity contribution is 5.98. The van der Waals surface area contributed by atoms with Crippen LogP contribution in [0.4, 0.5) is 0 Å². The average molecular weight is 423 g/mol. The van der Waals surface area contributed by atoms with Crippen molar-refractivity contribution in [2.24, 2.45) is 5.92 Å². The van der Waals surface area contributed by atoms with Crippen LogP contribution in [0.3, 0.4) is 0 Å². The van der Waals surface area contributed by atoms with Crippen molar-refractivity contribution in [3.63, 3.8) is 0 Å². The number of carbonyl (C=O) groups is 3. The average Bonchev–Trinajstić information content (AvgIpc) is 3.21. The highest BCUT2D eigenvalue weighted by atomic mass is 16.2. The molecule has 3 heterocycles. The van der Waals surface area contributed by atoms with Crippen LogP contribution in [-0.4, -0.2) is 52.3 Å². The van der Waals surface area contributed by atoms with Crippen LogP contribution in [0.5, 0.6) is 0 Å². The van der Waals surface area contributed by atoms with E-state index in [2.05, 4.69) is 15.6 Å². The highest BCUT2D eigenvalue weighted by Gasteiger charge is 2.44. The van der Waals surface area contributed by atoms with Gasteiger partial charge in [-0.1, -0.05) is 37.5 Å². The topological polar surface area (TPSA) is 94.3 Å². The van der Waals surface area contributed by atoms with Crippen LogP contribution >= 0.6 is 0 Å². The molecule has 1 aromatic carbocycles. The van der Waals surface area contributed by atoms with Gasteiger partial charge in [0.15, 0.2) is 0 Å². The van der Waals surface area contributed by atoms with Gasteiger partial charge in [0.05, 0.1) is 0 Å². The zero-order chi connectivity index (χ0) is 21.4. The smallest absolute Gasteiger partial charge is 0.246 e. The van der Waals surface area contributed by atoms with E-state index in [0.29, 0.717) is 25.8 Å². The number of hydrogen-bond acceptors (Lipinski definition) is 3. The summed E-state index contributed by atoms with van der Waals surface area (Å²) in [6.45, 7) is 0.511. The summed E-state index contributed by atoms with van der Waals surface area (Å²) in [4.78, 5) is 43.6. The van der Waals surface area contributed by atoms with E-state index in [-0.39, 0.29) is 29.7 Å². The van der Waals surface area contributed by atoms with Gasteiger partial charge in [-0.05, 0) is 37.3 Å². The van der Waals surface area contributed by atoms with Crippen LogP contribution in [-0.2, 0) is 20.8 Å². The molecule has 31 heavy (non-hydrogen) atoms. The SMILES string of the molecule is O=C(N[C@H]1CCN2C(=O)[C@@H](Cc3c[nH]c4ccccc34)NC(=O)[C@@H]2C1)C1CCCCC1. The predicted molar refractivity (Wildman–Crippen MR) is 117 cm³/mol. The van der Waals surface area contributed by atoms with Crippen molar-refractivity contribution in [2.75, 3.05) is 6.54 Å². The summed E-state index contributed by atoms with van der Waals surface area (Å²) in [5, 5.41) is 7.19. The number of para-hydroxylation sites is 1. The molecule has 7 nitrogen and oxygen atoms in total. The molecule has 164 valence electrons. The number of H-pyrrole nitrogens is 1. The Bertz CT molecular complexity index is 994. The molecular weight excluding hydrogens is 392 g/mol. The van der Waals surface area contributed by atoms with Crippen molar-refractivity contribution in [3.05, 3.63) is 36.0 Å². The third-order valence-corrected chi connectivity index (χ3v) is 7.22. The van der Waals surface area contributed by atoms with Gasteiger partial charge in [0, 0.05) is 42.0 Å². The van der Waals surface area contributed by atoms with Gasteiger partial charge >= 0.3 is 0 Å². The van der Waals surface area contributed by atoms with Gasteiger partial charge in [0.2, 0.25) is 17.7 Å². The number of fused-ring (bicyclic) bond motifs is 2. The Kier molecular flexibility index (Phi) is 5.42. The third kappa shape index (κ3) is 3.93. The van der Waals surface area contributed by atoms with Gasteiger partial charge < -0.3 is 20.5 Å². The number of hydrogen-bond donors (Lipinski definition) is 3. The van der Waals surface area contributed by atoms with Crippen LogP contribution in [0.2, 0.25) is 0 Å². The minimum absolute atomic E-state index is 0.0214. The predicted octanol–water partition coefficient (Wildman–Crippen LogP) is 2.26. The van der Waals surface area contributed by atoms with E-state index in [1.165, 1.54) is 6.42 Å². The molecule has 2 aliphatic heterocycles. The Morgan fingerprint density at radius 1 is 1.10 bits per heavy atom. The van der Waals surface area contributed by atoms with Crippen LogP contribution in [0.15, 0.2) is 30.5 Å². The second-order valence-corrected chi connectivity index (χ2v) is 9.24. The lowest BCUT2D eigenvalue weighted by atomic mass is 9.87. The minimum atomic E-state index is -0.545. The molecule has 1 saturated carbocycles. The molecular formula is C24H30N4O3. The normalized spacial score (nSPS) is 27.1. The van der Waals surface area contributed by atoms with Gasteiger partial charge in [0.25, 0.3) is 0 Å². The third-order valence-electron chi connectivity index (χ3n) is 7.22. The summed E-state index contributed by atoms with van der Waals surface area (Å²) >= 11 is 0. The summed E-state index contributed by atoms with van der Waals surface area (Å²) in [6, 6.07) is 6.90. The minimum Gasteiger partial charge on any atom is -0.361 e. The quantitative estimate of drug-likeness (QED) is 0.705. The van der Waals surface area contributed by atoms with Crippen molar-refractivity contribution in [1.29, 1.82) is 0 Å².